The van der Waals surface area contributed by atoms with E-state index in [4.69, 9.17) is 10.2 Å². The minimum atomic E-state index is 0.376. The van der Waals surface area contributed by atoms with Gasteiger partial charge in [0.1, 0.15) is 0 Å². The fourth-order valence-electron chi connectivity index (χ4n) is 2.60. The largest absolute Gasteiger partial charge is 0.290 e. The second-order valence-electron chi connectivity index (χ2n) is 5.06. The summed E-state index contributed by atoms with van der Waals surface area (Å²) in [6.45, 7) is 6.24. The van der Waals surface area contributed by atoms with E-state index in [1.807, 2.05) is 0 Å². The van der Waals surface area contributed by atoms with Gasteiger partial charge < -0.3 is 0 Å². The molecule has 0 radical (unpaired) electrons. The van der Waals surface area contributed by atoms with Gasteiger partial charge in [0.15, 0.2) is 4.96 Å². The number of fused-ring (bicyclic) bond motifs is 1. The van der Waals surface area contributed by atoms with Crippen molar-refractivity contribution in [3.8, 4) is 17.3 Å². The monoisotopic (exact) mass is 281 g/mol. The molecule has 0 atom stereocenters. The summed E-state index contributed by atoms with van der Waals surface area (Å²) < 4.78 is 2.10. The van der Waals surface area contributed by atoms with Gasteiger partial charge in [-0.15, -0.1) is 11.3 Å². The van der Waals surface area contributed by atoms with Crippen LogP contribution < -0.4 is 0 Å². The maximum atomic E-state index is 9.12. The van der Waals surface area contributed by atoms with Gasteiger partial charge in [0.25, 0.3) is 0 Å². The van der Waals surface area contributed by atoms with Gasteiger partial charge in [0.05, 0.1) is 23.9 Å². The van der Waals surface area contributed by atoms with E-state index in [9.17, 15) is 0 Å². The smallest absolute Gasteiger partial charge is 0.194 e. The number of aryl methyl sites for hydroxylation is 3. The first-order valence-corrected chi connectivity index (χ1v) is 7.39. The molecule has 3 aromatic rings. The third-order valence-corrected chi connectivity index (χ3v) is 4.46. The quantitative estimate of drug-likeness (QED) is 0.711. The molecule has 0 saturated carbocycles. The average Bonchev–Trinajstić information content (AvgIpc) is 2.92. The highest BCUT2D eigenvalue weighted by atomic mass is 32.1. The van der Waals surface area contributed by atoms with E-state index in [1.165, 1.54) is 11.1 Å². The van der Waals surface area contributed by atoms with Crippen LogP contribution in [-0.2, 0) is 6.42 Å². The maximum Gasteiger partial charge on any atom is 0.194 e. The Kier molecular flexibility index (Phi) is 3.07. The topological polar surface area (TPSA) is 41.1 Å². The minimum Gasteiger partial charge on any atom is -0.290 e. The van der Waals surface area contributed by atoms with Crippen molar-refractivity contribution in [2.45, 2.75) is 27.2 Å². The summed E-state index contributed by atoms with van der Waals surface area (Å²) in [5.41, 5.74) is 6.64. The van der Waals surface area contributed by atoms with Crippen LogP contribution in [0.3, 0.4) is 0 Å². The lowest BCUT2D eigenvalue weighted by Gasteiger charge is -2.06. The number of aromatic nitrogens is 2. The SMILES string of the molecule is Cc1ccc(-c2nc3scc(C)n3c2CC#N)c(C)c1. The second kappa shape index (κ2) is 4.77. The lowest BCUT2D eigenvalue weighted by Crippen LogP contribution is -1.95. The van der Waals surface area contributed by atoms with Gasteiger partial charge >= 0.3 is 0 Å². The van der Waals surface area contributed by atoms with Crippen LogP contribution in [0.1, 0.15) is 22.5 Å². The fourth-order valence-corrected chi connectivity index (χ4v) is 3.48. The molecule has 0 unspecified atom stereocenters. The molecular formula is C16H15N3S. The van der Waals surface area contributed by atoms with Gasteiger partial charge in [0.2, 0.25) is 0 Å². The average molecular weight is 281 g/mol. The zero-order valence-corrected chi connectivity index (χ0v) is 12.6. The van der Waals surface area contributed by atoms with Crippen LogP contribution in [0, 0.1) is 32.1 Å². The zero-order valence-electron chi connectivity index (χ0n) is 11.8. The van der Waals surface area contributed by atoms with Crippen molar-refractivity contribution in [2.24, 2.45) is 0 Å². The van der Waals surface area contributed by atoms with Gasteiger partial charge in [-0.1, -0.05) is 23.8 Å². The van der Waals surface area contributed by atoms with Gasteiger partial charge in [-0.25, -0.2) is 4.98 Å². The van der Waals surface area contributed by atoms with Crippen molar-refractivity contribution in [1.29, 1.82) is 5.26 Å². The Morgan fingerprint density at radius 3 is 2.80 bits per heavy atom. The first-order chi connectivity index (χ1) is 9.61. The fraction of sp³-hybridized carbons (Fsp3) is 0.250. The molecule has 0 fully saturated rings. The van der Waals surface area contributed by atoms with Crippen LogP contribution in [0.25, 0.3) is 16.2 Å². The molecule has 0 spiro atoms. The standard InChI is InChI=1S/C16H15N3S/c1-10-4-5-13(11(2)8-10)15-14(6-7-17)19-12(3)9-20-16(19)18-15/h4-5,8-9H,6H2,1-3H3. The molecule has 0 aliphatic rings. The highest BCUT2D eigenvalue weighted by molar-refractivity contribution is 7.15. The van der Waals surface area contributed by atoms with Crippen LogP contribution in [0.5, 0.6) is 0 Å². The predicted octanol–water partition coefficient (Wildman–Crippen LogP) is 4.05. The number of imidazole rings is 1. The molecule has 0 saturated heterocycles. The Morgan fingerprint density at radius 2 is 2.10 bits per heavy atom. The van der Waals surface area contributed by atoms with Crippen LogP contribution >= 0.6 is 11.3 Å². The Hall–Kier alpha value is -2.12. The molecule has 0 aliphatic carbocycles. The number of nitriles is 1. The summed E-state index contributed by atoms with van der Waals surface area (Å²) in [5, 5.41) is 11.2. The van der Waals surface area contributed by atoms with Crippen molar-refractivity contribution in [2.75, 3.05) is 0 Å². The molecular weight excluding hydrogens is 266 g/mol. The van der Waals surface area contributed by atoms with Gasteiger partial charge in [-0.2, -0.15) is 5.26 Å². The number of benzene rings is 1. The molecule has 0 aliphatic heterocycles. The van der Waals surface area contributed by atoms with E-state index in [0.717, 1.165) is 27.6 Å². The molecule has 3 rings (SSSR count). The van der Waals surface area contributed by atoms with Crippen molar-refractivity contribution in [3.63, 3.8) is 0 Å². The lowest BCUT2D eigenvalue weighted by molar-refractivity contribution is 1.03. The van der Waals surface area contributed by atoms with Gasteiger partial charge in [-0.05, 0) is 26.3 Å². The van der Waals surface area contributed by atoms with E-state index in [2.05, 4.69) is 54.8 Å². The summed E-state index contributed by atoms with van der Waals surface area (Å²) in [6.07, 6.45) is 0.376. The molecule has 4 heteroatoms. The number of rotatable bonds is 2. The van der Waals surface area contributed by atoms with Crippen molar-refractivity contribution >= 4 is 16.3 Å². The summed E-state index contributed by atoms with van der Waals surface area (Å²) in [6, 6.07) is 8.62. The molecule has 1 aromatic carbocycles. The van der Waals surface area contributed by atoms with E-state index in [-0.39, 0.29) is 0 Å². The van der Waals surface area contributed by atoms with Crippen LogP contribution in [0.15, 0.2) is 23.6 Å². The molecule has 20 heavy (non-hydrogen) atoms. The third-order valence-electron chi connectivity index (χ3n) is 3.51. The number of thiazole rings is 1. The minimum absolute atomic E-state index is 0.376. The molecule has 0 bridgehead atoms. The Bertz CT molecular complexity index is 833. The van der Waals surface area contributed by atoms with E-state index >= 15 is 0 Å². The summed E-state index contributed by atoms with van der Waals surface area (Å²) in [4.78, 5) is 5.70. The van der Waals surface area contributed by atoms with E-state index < -0.39 is 0 Å². The Balaban J connectivity index is 2.30. The van der Waals surface area contributed by atoms with Gasteiger partial charge in [-0.3, -0.25) is 4.40 Å². The zero-order chi connectivity index (χ0) is 14.3. The highest BCUT2D eigenvalue weighted by Crippen LogP contribution is 2.31. The number of nitrogens with zero attached hydrogens (tertiary/aromatic N) is 3. The first-order valence-electron chi connectivity index (χ1n) is 6.52. The molecule has 0 N–H and O–H groups in total. The summed E-state index contributed by atoms with van der Waals surface area (Å²) in [5.74, 6) is 0. The number of hydrogen-bond donors (Lipinski definition) is 0. The highest BCUT2D eigenvalue weighted by Gasteiger charge is 2.17. The Labute approximate surface area is 122 Å². The first kappa shape index (κ1) is 12.9. The van der Waals surface area contributed by atoms with Crippen LogP contribution in [-0.4, -0.2) is 9.38 Å². The predicted molar refractivity (Wildman–Crippen MR) is 82.0 cm³/mol. The Morgan fingerprint density at radius 1 is 1.30 bits per heavy atom. The summed E-state index contributed by atoms with van der Waals surface area (Å²) in [7, 11) is 0. The third kappa shape index (κ3) is 1.91. The molecule has 0 amide bonds. The van der Waals surface area contributed by atoms with E-state index in [0.29, 0.717) is 6.42 Å². The molecule has 2 aromatic heterocycles. The van der Waals surface area contributed by atoms with Crippen LogP contribution in [0.4, 0.5) is 0 Å². The van der Waals surface area contributed by atoms with E-state index in [1.54, 1.807) is 11.3 Å². The maximum absolute atomic E-state index is 9.12. The second-order valence-corrected chi connectivity index (χ2v) is 5.89. The molecule has 2 heterocycles. The normalized spacial score (nSPS) is 10.9. The van der Waals surface area contributed by atoms with Crippen LogP contribution in [0.2, 0.25) is 0 Å². The summed E-state index contributed by atoms with van der Waals surface area (Å²) >= 11 is 1.62. The van der Waals surface area contributed by atoms with Crippen molar-refractivity contribution in [1.82, 2.24) is 9.38 Å². The van der Waals surface area contributed by atoms with Gasteiger partial charge in [0, 0.05) is 16.6 Å². The molecule has 100 valence electrons. The van der Waals surface area contributed by atoms with Crippen molar-refractivity contribution in [3.05, 3.63) is 46.1 Å². The number of hydrogen-bond acceptors (Lipinski definition) is 3. The molecule has 3 nitrogen and oxygen atoms in total. The lowest BCUT2D eigenvalue weighted by atomic mass is 10.0. The van der Waals surface area contributed by atoms with Crippen molar-refractivity contribution < 1.29 is 0 Å².